The third kappa shape index (κ3) is 4.80. The van der Waals surface area contributed by atoms with E-state index in [9.17, 15) is 0 Å². The molecule has 0 aromatic rings. The van der Waals surface area contributed by atoms with E-state index in [4.69, 9.17) is 5.11 Å². The van der Waals surface area contributed by atoms with Crippen LogP contribution < -0.4 is 0 Å². The summed E-state index contributed by atoms with van der Waals surface area (Å²) in [7, 11) is 0. The molecule has 0 spiro atoms. The SMILES string of the molecule is CCC(CC)CO.[W]. The maximum atomic E-state index is 8.53. The van der Waals surface area contributed by atoms with Gasteiger partial charge in [-0.15, -0.1) is 0 Å². The first kappa shape index (κ1) is 11.4. The number of hydrogen-bond acceptors (Lipinski definition) is 1. The van der Waals surface area contributed by atoms with E-state index in [1.54, 1.807) is 0 Å². The van der Waals surface area contributed by atoms with Gasteiger partial charge in [-0.05, 0) is 5.92 Å². The third-order valence-corrected chi connectivity index (χ3v) is 1.41. The Morgan fingerprint density at radius 2 is 1.62 bits per heavy atom. The molecule has 0 aliphatic carbocycles. The Kier molecular flexibility index (Phi) is 10.9. The van der Waals surface area contributed by atoms with Gasteiger partial charge in [0.2, 0.25) is 0 Å². The summed E-state index contributed by atoms with van der Waals surface area (Å²) in [5, 5.41) is 8.53. The molecule has 0 unspecified atom stereocenters. The van der Waals surface area contributed by atoms with Crippen LogP contribution in [0.25, 0.3) is 0 Å². The van der Waals surface area contributed by atoms with Gasteiger partial charge < -0.3 is 5.11 Å². The first-order valence-electron chi connectivity index (χ1n) is 2.96. The van der Waals surface area contributed by atoms with E-state index < -0.39 is 0 Å². The molecule has 0 aromatic carbocycles. The summed E-state index contributed by atoms with van der Waals surface area (Å²) in [6.45, 7) is 4.56. The number of aliphatic hydroxyl groups is 1. The molecular weight excluding hydrogens is 272 g/mol. The van der Waals surface area contributed by atoms with Gasteiger partial charge in [-0.1, -0.05) is 26.7 Å². The maximum absolute atomic E-state index is 8.53. The fourth-order valence-corrected chi connectivity index (χ4v) is 0.547. The van der Waals surface area contributed by atoms with Crippen LogP contribution in [0.2, 0.25) is 0 Å². The van der Waals surface area contributed by atoms with Gasteiger partial charge in [0.05, 0.1) is 0 Å². The van der Waals surface area contributed by atoms with Crippen molar-refractivity contribution in [2.24, 2.45) is 5.92 Å². The Hall–Kier alpha value is 0.648. The van der Waals surface area contributed by atoms with Crippen LogP contribution in [-0.4, -0.2) is 11.7 Å². The molecule has 50 valence electrons. The van der Waals surface area contributed by atoms with Crippen LogP contribution in [-0.2, 0) is 21.1 Å². The van der Waals surface area contributed by atoms with Crippen LogP contribution >= 0.6 is 0 Å². The zero-order chi connectivity index (χ0) is 5.70. The van der Waals surface area contributed by atoms with Crippen LogP contribution in [0.4, 0.5) is 0 Å². The van der Waals surface area contributed by atoms with E-state index >= 15 is 0 Å². The zero-order valence-corrected chi connectivity index (χ0v) is 8.49. The second kappa shape index (κ2) is 7.65. The average Bonchev–Trinajstić information content (AvgIpc) is 1.72. The smallest absolute Gasteiger partial charge is 0.0459 e. The van der Waals surface area contributed by atoms with Crippen molar-refractivity contribution in [1.82, 2.24) is 0 Å². The van der Waals surface area contributed by atoms with Gasteiger partial charge in [0, 0.05) is 27.7 Å². The Morgan fingerprint density at radius 1 is 1.25 bits per heavy atom. The van der Waals surface area contributed by atoms with Crippen LogP contribution in [0, 0.1) is 5.92 Å². The first-order valence-corrected chi connectivity index (χ1v) is 2.96. The minimum absolute atomic E-state index is 0. The number of rotatable bonds is 3. The molecule has 0 bridgehead atoms. The molecule has 1 N–H and O–H groups in total. The van der Waals surface area contributed by atoms with Gasteiger partial charge in [-0.25, -0.2) is 0 Å². The van der Waals surface area contributed by atoms with Gasteiger partial charge in [0.25, 0.3) is 0 Å². The van der Waals surface area contributed by atoms with Gasteiger partial charge >= 0.3 is 0 Å². The minimum Gasteiger partial charge on any atom is -0.396 e. The topological polar surface area (TPSA) is 20.2 Å². The molecule has 0 heterocycles. The molecule has 0 rings (SSSR count). The molecule has 8 heavy (non-hydrogen) atoms. The molecular formula is C6H14OW. The van der Waals surface area contributed by atoms with Crippen molar-refractivity contribution in [2.45, 2.75) is 26.7 Å². The van der Waals surface area contributed by atoms with Gasteiger partial charge in [0.15, 0.2) is 0 Å². The van der Waals surface area contributed by atoms with Gasteiger partial charge in [0.1, 0.15) is 0 Å². The van der Waals surface area contributed by atoms with Crippen LogP contribution in [0.1, 0.15) is 26.7 Å². The molecule has 0 aromatic heterocycles. The summed E-state index contributed by atoms with van der Waals surface area (Å²) in [5.41, 5.74) is 0. The fourth-order valence-electron chi connectivity index (χ4n) is 0.547. The van der Waals surface area contributed by atoms with Crippen molar-refractivity contribution >= 4 is 0 Å². The molecule has 0 radical (unpaired) electrons. The third-order valence-electron chi connectivity index (χ3n) is 1.41. The second-order valence-corrected chi connectivity index (χ2v) is 1.87. The van der Waals surface area contributed by atoms with E-state index in [1.807, 2.05) is 0 Å². The van der Waals surface area contributed by atoms with Crippen molar-refractivity contribution in [1.29, 1.82) is 0 Å². The van der Waals surface area contributed by atoms with E-state index in [2.05, 4.69) is 13.8 Å². The van der Waals surface area contributed by atoms with Crippen LogP contribution in [0.15, 0.2) is 0 Å². The van der Waals surface area contributed by atoms with Gasteiger partial charge in [-0.3, -0.25) is 0 Å². The van der Waals surface area contributed by atoms with Crippen molar-refractivity contribution in [3.05, 3.63) is 0 Å². The van der Waals surface area contributed by atoms with E-state index in [1.165, 1.54) is 0 Å². The zero-order valence-electron chi connectivity index (χ0n) is 5.55. The normalized spacial score (nSPS) is 9.00. The Bertz CT molecular complexity index is 30.0. The summed E-state index contributed by atoms with van der Waals surface area (Å²) < 4.78 is 0. The van der Waals surface area contributed by atoms with Crippen molar-refractivity contribution < 1.29 is 26.2 Å². The first-order chi connectivity index (χ1) is 3.35. The van der Waals surface area contributed by atoms with Gasteiger partial charge in [-0.2, -0.15) is 0 Å². The monoisotopic (exact) mass is 286 g/mol. The van der Waals surface area contributed by atoms with E-state index in [0.29, 0.717) is 12.5 Å². The molecule has 0 saturated heterocycles. The number of aliphatic hydroxyl groups excluding tert-OH is 1. The Labute approximate surface area is 65.7 Å². The molecule has 0 saturated carbocycles. The molecule has 1 nitrogen and oxygen atoms in total. The van der Waals surface area contributed by atoms with Crippen molar-refractivity contribution in [3.63, 3.8) is 0 Å². The largest absolute Gasteiger partial charge is 0.396 e. The predicted molar refractivity (Wildman–Crippen MR) is 31.2 cm³/mol. The molecule has 2 heteroatoms. The summed E-state index contributed by atoms with van der Waals surface area (Å²) in [6, 6.07) is 0. The maximum Gasteiger partial charge on any atom is 0.0459 e. The summed E-state index contributed by atoms with van der Waals surface area (Å²) in [4.78, 5) is 0. The summed E-state index contributed by atoms with van der Waals surface area (Å²) in [5.74, 6) is 0.542. The molecule has 0 amide bonds. The summed E-state index contributed by atoms with van der Waals surface area (Å²) in [6.07, 6.45) is 2.21. The standard InChI is InChI=1S/C6H14O.W/c1-3-6(4-2)5-7;/h6-7H,3-5H2,1-2H3;. The molecule has 0 fully saturated rings. The summed E-state index contributed by atoms with van der Waals surface area (Å²) >= 11 is 0. The predicted octanol–water partition coefficient (Wildman–Crippen LogP) is 1.41. The van der Waals surface area contributed by atoms with Crippen molar-refractivity contribution in [2.75, 3.05) is 6.61 Å². The molecule has 0 atom stereocenters. The van der Waals surface area contributed by atoms with Crippen LogP contribution in [0.3, 0.4) is 0 Å². The van der Waals surface area contributed by atoms with E-state index in [-0.39, 0.29) is 21.1 Å². The molecule has 0 aliphatic heterocycles. The second-order valence-electron chi connectivity index (χ2n) is 1.87. The Morgan fingerprint density at radius 3 is 1.62 bits per heavy atom. The molecule has 0 aliphatic rings. The Balaban J connectivity index is 0. The average molecular weight is 286 g/mol. The number of hydrogen-bond donors (Lipinski definition) is 1. The van der Waals surface area contributed by atoms with Crippen LogP contribution in [0.5, 0.6) is 0 Å². The quantitative estimate of drug-likeness (QED) is 0.831. The van der Waals surface area contributed by atoms with Crippen molar-refractivity contribution in [3.8, 4) is 0 Å². The fraction of sp³-hybridized carbons (Fsp3) is 1.00. The minimum atomic E-state index is 0. The van der Waals surface area contributed by atoms with E-state index in [0.717, 1.165) is 12.8 Å².